The van der Waals surface area contributed by atoms with Crippen molar-refractivity contribution in [2.24, 2.45) is 0 Å². The minimum absolute atomic E-state index is 0.0404. The van der Waals surface area contributed by atoms with Gasteiger partial charge in [0, 0.05) is 10.6 Å². The Bertz CT molecular complexity index is 778. The number of halogens is 1. The van der Waals surface area contributed by atoms with Gasteiger partial charge in [0.15, 0.2) is 0 Å². The average molecular weight is 304 g/mol. The van der Waals surface area contributed by atoms with Gasteiger partial charge in [-0.2, -0.15) is 0 Å². The van der Waals surface area contributed by atoms with Crippen LogP contribution in [0.4, 0.5) is 0 Å². The molecule has 19 heavy (non-hydrogen) atoms. The number of benzene rings is 1. The number of aromatic amines is 2. The highest BCUT2D eigenvalue weighted by Gasteiger charge is 2.21. The van der Waals surface area contributed by atoms with E-state index in [1.807, 2.05) is 0 Å². The lowest BCUT2D eigenvalue weighted by Crippen LogP contribution is -2.19. The second-order valence-corrected chi connectivity index (χ2v) is 5.94. The Morgan fingerprint density at radius 2 is 2.00 bits per heavy atom. The maximum atomic E-state index is 11.9. The van der Waals surface area contributed by atoms with E-state index in [0.717, 1.165) is 0 Å². The van der Waals surface area contributed by atoms with E-state index in [2.05, 4.69) is 14.7 Å². The highest BCUT2D eigenvalue weighted by atomic mass is 35.5. The van der Waals surface area contributed by atoms with Gasteiger partial charge in [0.2, 0.25) is 15.9 Å². The highest BCUT2D eigenvalue weighted by molar-refractivity contribution is 7.89. The molecule has 0 fully saturated rings. The second-order valence-electron chi connectivity index (χ2n) is 3.65. The van der Waals surface area contributed by atoms with Gasteiger partial charge < -0.3 is 10.1 Å². The lowest BCUT2D eigenvalue weighted by Gasteiger charge is -2.09. The van der Waals surface area contributed by atoms with E-state index in [0.29, 0.717) is 0 Å². The fourth-order valence-electron chi connectivity index (χ4n) is 1.61. The first-order valence-electron chi connectivity index (χ1n) is 5.10. The lowest BCUT2D eigenvalue weighted by molar-refractivity contribution is 0.457. The number of H-pyrrole nitrogens is 2. The summed E-state index contributed by atoms with van der Waals surface area (Å²) in [5.74, 6) is -0.459. The number of aromatic nitrogens is 2. The first-order chi connectivity index (χ1) is 8.85. The first kappa shape index (κ1) is 13.7. The van der Waals surface area contributed by atoms with E-state index in [-0.39, 0.29) is 21.2 Å². The molecule has 1 aromatic carbocycles. The maximum Gasteiger partial charge on any atom is 0.326 e. The Hall–Kier alpha value is -1.77. The minimum Gasteiger partial charge on any atom is -0.493 e. The van der Waals surface area contributed by atoms with Gasteiger partial charge in [0.25, 0.3) is 0 Å². The van der Waals surface area contributed by atoms with Gasteiger partial charge >= 0.3 is 5.69 Å². The zero-order chi connectivity index (χ0) is 14.2. The molecule has 0 saturated carbocycles. The molecular weight excluding hydrogens is 294 g/mol. The van der Waals surface area contributed by atoms with Crippen molar-refractivity contribution in [3.05, 3.63) is 33.7 Å². The molecule has 2 aromatic rings. The molecule has 102 valence electrons. The summed E-state index contributed by atoms with van der Waals surface area (Å²) in [5, 5.41) is 9.86. The van der Waals surface area contributed by atoms with E-state index >= 15 is 0 Å². The molecule has 9 heteroatoms. The second kappa shape index (κ2) is 4.72. The van der Waals surface area contributed by atoms with Crippen LogP contribution in [-0.4, -0.2) is 30.5 Å². The summed E-state index contributed by atoms with van der Waals surface area (Å²) in [7, 11) is -2.50. The molecule has 0 radical (unpaired) electrons. The molecule has 0 saturated heterocycles. The van der Waals surface area contributed by atoms with Gasteiger partial charge in [-0.1, -0.05) is 11.6 Å². The Balaban J connectivity index is 2.79. The predicted molar refractivity (Wildman–Crippen MR) is 69.8 cm³/mol. The average Bonchev–Trinajstić information content (AvgIpc) is 2.68. The molecule has 0 atom stereocenters. The molecule has 0 unspecified atom stereocenters. The van der Waals surface area contributed by atoms with Crippen molar-refractivity contribution in [1.29, 1.82) is 0 Å². The fraction of sp³-hybridized carbons (Fsp3) is 0.100. The number of sulfonamides is 1. The Kier molecular flexibility index (Phi) is 3.40. The molecule has 7 nitrogen and oxygen atoms in total. The van der Waals surface area contributed by atoms with Crippen LogP contribution in [0, 0.1) is 0 Å². The van der Waals surface area contributed by atoms with Crippen LogP contribution in [0.25, 0.3) is 11.3 Å². The third kappa shape index (κ3) is 2.50. The quantitative estimate of drug-likeness (QED) is 0.666. The largest absolute Gasteiger partial charge is 0.493 e. The third-order valence-electron chi connectivity index (χ3n) is 2.48. The lowest BCUT2D eigenvalue weighted by atomic mass is 10.1. The number of rotatable bonds is 3. The van der Waals surface area contributed by atoms with Crippen LogP contribution < -0.4 is 10.4 Å². The smallest absolute Gasteiger partial charge is 0.326 e. The van der Waals surface area contributed by atoms with Crippen molar-refractivity contribution in [3.8, 4) is 17.1 Å². The maximum absolute atomic E-state index is 11.9. The van der Waals surface area contributed by atoms with E-state index in [1.54, 1.807) is 0 Å². The van der Waals surface area contributed by atoms with E-state index in [4.69, 9.17) is 11.6 Å². The number of aromatic hydroxyl groups is 1. The molecule has 0 aliphatic rings. The topological polar surface area (TPSA) is 115 Å². The first-order valence-corrected chi connectivity index (χ1v) is 6.96. The number of hydrogen-bond acceptors (Lipinski definition) is 4. The molecule has 4 N–H and O–H groups in total. The van der Waals surface area contributed by atoms with Crippen molar-refractivity contribution in [2.75, 3.05) is 7.05 Å². The SMILES string of the molecule is CNS(=O)(=O)c1ccc(Cl)cc1-c1[nH]c(=O)[nH]c1O. The molecule has 2 rings (SSSR count). The van der Waals surface area contributed by atoms with E-state index in [1.165, 1.54) is 25.2 Å². The van der Waals surface area contributed by atoms with Crippen LogP contribution >= 0.6 is 11.6 Å². The molecule has 0 aliphatic carbocycles. The van der Waals surface area contributed by atoms with Crippen LogP contribution in [0.15, 0.2) is 27.9 Å². The number of hydrogen-bond donors (Lipinski definition) is 4. The Morgan fingerprint density at radius 1 is 1.32 bits per heavy atom. The van der Waals surface area contributed by atoms with Crippen LogP contribution in [0.1, 0.15) is 0 Å². The van der Waals surface area contributed by atoms with Crippen molar-refractivity contribution in [1.82, 2.24) is 14.7 Å². The van der Waals surface area contributed by atoms with Gasteiger partial charge in [-0.15, -0.1) is 0 Å². The standard InChI is InChI=1S/C10H10ClN3O4S/c1-12-19(17,18)7-3-2-5(11)4-6(7)8-9(15)14-10(16)13-8/h2-4,12,15H,1H3,(H2,13,14,16). The Morgan fingerprint density at radius 3 is 2.53 bits per heavy atom. The van der Waals surface area contributed by atoms with Crippen molar-refractivity contribution >= 4 is 21.6 Å². The summed E-state index contributed by atoms with van der Waals surface area (Å²) >= 11 is 5.82. The van der Waals surface area contributed by atoms with Crippen molar-refractivity contribution in [2.45, 2.75) is 4.90 Å². The van der Waals surface area contributed by atoms with Gasteiger partial charge in [0.1, 0.15) is 5.69 Å². The molecule has 0 bridgehead atoms. The van der Waals surface area contributed by atoms with E-state index in [9.17, 15) is 18.3 Å². The molecule has 0 aliphatic heterocycles. The summed E-state index contributed by atoms with van der Waals surface area (Å²) in [6.07, 6.45) is 0. The van der Waals surface area contributed by atoms with Crippen molar-refractivity contribution in [3.63, 3.8) is 0 Å². The van der Waals surface area contributed by atoms with Crippen LogP contribution in [-0.2, 0) is 10.0 Å². The van der Waals surface area contributed by atoms with Crippen LogP contribution in [0.2, 0.25) is 5.02 Å². The summed E-state index contributed by atoms with van der Waals surface area (Å²) < 4.78 is 25.9. The molecule has 0 spiro atoms. The van der Waals surface area contributed by atoms with Gasteiger partial charge in [-0.25, -0.2) is 17.9 Å². The normalized spacial score (nSPS) is 11.7. The zero-order valence-corrected chi connectivity index (χ0v) is 11.3. The molecule has 0 amide bonds. The Labute approximate surface area is 113 Å². The zero-order valence-electron chi connectivity index (χ0n) is 9.69. The summed E-state index contributed by atoms with van der Waals surface area (Å²) in [6, 6.07) is 4.02. The minimum atomic E-state index is -3.76. The fourth-order valence-corrected chi connectivity index (χ4v) is 2.70. The molecule has 1 aromatic heterocycles. The van der Waals surface area contributed by atoms with Crippen LogP contribution in [0.3, 0.4) is 0 Å². The molecule has 1 heterocycles. The van der Waals surface area contributed by atoms with Crippen molar-refractivity contribution < 1.29 is 13.5 Å². The van der Waals surface area contributed by atoms with Gasteiger partial charge in [-0.05, 0) is 25.2 Å². The highest BCUT2D eigenvalue weighted by Crippen LogP contribution is 2.32. The monoisotopic (exact) mass is 303 g/mol. The van der Waals surface area contributed by atoms with Gasteiger partial charge in [0.05, 0.1) is 4.90 Å². The van der Waals surface area contributed by atoms with Crippen LogP contribution in [0.5, 0.6) is 5.88 Å². The number of nitrogens with one attached hydrogen (secondary N) is 3. The van der Waals surface area contributed by atoms with Gasteiger partial charge in [-0.3, -0.25) is 4.98 Å². The molecular formula is C10H10ClN3O4S. The summed E-state index contributed by atoms with van der Waals surface area (Å²) in [4.78, 5) is 15.4. The predicted octanol–water partition coefficient (Wildman–Crippen LogP) is 0.637. The third-order valence-corrected chi connectivity index (χ3v) is 4.18. The summed E-state index contributed by atoms with van der Waals surface area (Å²) in [6.45, 7) is 0. The summed E-state index contributed by atoms with van der Waals surface area (Å²) in [5.41, 5.74) is -0.598. The number of imidazole rings is 1. The van der Waals surface area contributed by atoms with E-state index < -0.39 is 21.6 Å².